The third-order valence-corrected chi connectivity index (χ3v) is 3.71. The summed E-state index contributed by atoms with van der Waals surface area (Å²) in [5.74, 6) is -0.132. The number of benzene rings is 2. The van der Waals surface area contributed by atoms with Gasteiger partial charge in [0, 0.05) is 6.07 Å². The van der Waals surface area contributed by atoms with Gasteiger partial charge >= 0.3 is 7.60 Å². The van der Waals surface area contributed by atoms with Crippen LogP contribution in [0.1, 0.15) is 11.4 Å². The molecule has 0 radical (unpaired) electrons. The summed E-state index contributed by atoms with van der Waals surface area (Å²) in [6.07, 6.45) is 0. The fourth-order valence-electron chi connectivity index (χ4n) is 1.70. The number of rotatable bonds is 5. The molecule has 0 amide bonds. The lowest BCUT2D eigenvalue weighted by molar-refractivity contribution is 0.205. The smallest absolute Gasteiger partial charge is 0.358 e. The van der Waals surface area contributed by atoms with E-state index in [0.29, 0.717) is 17.2 Å². The van der Waals surface area contributed by atoms with Crippen LogP contribution in [-0.4, -0.2) is 22.0 Å². The van der Waals surface area contributed by atoms with E-state index < -0.39 is 13.4 Å². The van der Waals surface area contributed by atoms with Gasteiger partial charge in [0.2, 0.25) is 0 Å². The van der Waals surface area contributed by atoms with Crippen LogP contribution in [0.15, 0.2) is 48.5 Å². The lowest BCUT2D eigenvalue weighted by atomic mass is 10.2. The van der Waals surface area contributed by atoms with Gasteiger partial charge in [-0.05, 0) is 29.8 Å². The predicted octanol–water partition coefficient (Wildman–Crippen LogP) is 2.66. The monoisotopic (exact) mass is 310 g/mol. The molecule has 0 saturated heterocycles. The van der Waals surface area contributed by atoms with Crippen LogP contribution in [0.25, 0.3) is 0 Å². The van der Waals surface area contributed by atoms with Crippen LogP contribution in [0, 0.1) is 0 Å². The standard InChI is InChI=1S/C14H15O6P/c1-19-12-3-2-4-13(9-12)20-11-7-5-10(6-8-11)14(15)21(16,17)18/h2-9,14-15H,1H3,(H2,16,17,18). The van der Waals surface area contributed by atoms with Crippen molar-refractivity contribution in [3.05, 3.63) is 54.1 Å². The van der Waals surface area contributed by atoms with E-state index in [-0.39, 0.29) is 5.56 Å². The van der Waals surface area contributed by atoms with E-state index in [4.69, 9.17) is 19.3 Å². The van der Waals surface area contributed by atoms with Crippen molar-refractivity contribution in [1.29, 1.82) is 0 Å². The highest BCUT2D eigenvalue weighted by Gasteiger charge is 2.27. The van der Waals surface area contributed by atoms with Crippen molar-refractivity contribution in [2.24, 2.45) is 0 Å². The van der Waals surface area contributed by atoms with Gasteiger partial charge in [-0.2, -0.15) is 0 Å². The predicted molar refractivity (Wildman–Crippen MR) is 76.5 cm³/mol. The summed E-state index contributed by atoms with van der Waals surface area (Å²) < 4.78 is 21.6. The maximum absolute atomic E-state index is 11.0. The average Bonchev–Trinajstić information content (AvgIpc) is 2.46. The molecule has 7 heteroatoms. The van der Waals surface area contributed by atoms with Crippen molar-refractivity contribution in [2.45, 2.75) is 5.85 Å². The minimum Gasteiger partial charge on any atom is -0.497 e. The molecule has 1 unspecified atom stereocenters. The molecule has 2 aromatic carbocycles. The first kappa shape index (κ1) is 15.5. The van der Waals surface area contributed by atoms with Crippen molar-refractivity contribution >= 4 is 7.60 Å². The number of hydrogen-bond acceptors (Lipinski definition) is 4. The van der Waals surface area contributed by atoms with Gasteiger partial charge in [0.1, 0.15) is 17.2 Å². The van der Waals surface area contributed by atoms with Gasteiger partial charge in [-0.15, -0.1) is 0 Å². The number of methoxy groups -OCH3 is 1. The van der Waals surface area contributed by atoms with Crippen molar-refractivity contribution in [3.8, 4) is 17.2 Å². The molecule has 0 aliphatic rings. The Kier molecular flexibility index (Phi) is 4.65. The minimum absolute atomic E-state index is 0.126. The summed E-state index contributed by atoms with van der Waals surface area (Å²) in [5.41, 5.74) is 0.126. The van der Waals surface area contributed by atoms with Gasteiger partial charge in [-0.1, -0.05) is 18.2 Å². The second kappa shape index (κ2) is 6.28. The molecule has 112 valence electrons. The molecule has 0 aromatic heterocycles. The first-order chi connectivity index (χ1) is 9.90. The molecule has 0 aliphatic carbocycles. The summed E-state index contributed by atoms with van der Waals surface area (Å²) in [5, 5.41) is 9.49. The zero-order valence-corrected chi connectivity index (χ0v) is 12.1. The van der Waals surface area contributed by atoms with Crippen molar-refractivity contribution in [2.75, 3.05) is 7.11 Å². The van der Waals surface area contributed by atoms with Crippen LogP contribution in [0.3, 0.4) is 0 Å². The van der Waals surface area contributed by atoms with Crippen LogP contribution in [0.4, 0.5) is 0 Å². The Labute approximate surface area is 121 Å². The van der Waals surface area contributed by atoms with E-state index in [2.05, 4.69) is 0 Å². The number of ether oxygens (including phenoxy) is 2. The number of hydrogen-bond donors (Lipinski definition) is 3. The van der Waals surface area contributed by atoms with E-state index >= 15 is 0 Å². The fourth-order valence-corrected chi connectivity index (χ4v) is 2.26. The summed E-state index contributed by atoms with van der Waals surface area (Å²) in [4.78, 5) is 17.8. The molecule has 0 saturated carbocycles. The zero-order valence-electron chi connectivity index (χ0n) is 11.2. The Morgan fingerprint density at radius 3 is 2.19 bits per heavy atom. The Hall–Kier alpha value is -1.85. The lowest BCUT2D eigenvalue weighted by Crippen LogP contribution is -1.98. The highest BCUT2D eigenvalue weighted by Crippen LogP contribution is 2.49. The lowest BCUT2D eigenvalue weighted by Gasteiger charge is -2.13. The Bertz CT molecular complexity index is 649. The van der Waals surface area contributed by atoms with Gasteiger partial charge in [0.05, 0.1) is 7.11 Å². The Morgan fingerprint density at radius 2 is 1.62 bits per heavy atom. The molecule has 0 bridgehead atoms. The van der Waals surface area contributed by atoms with Crippen LogP contribution in [-0.2, 0) is 4.57 Å². The van der Waals surface area contributed by atoms with Gasteiger partial charge in [-0.25, -0.2) is 0 Å². The van der Waals surface area contributed by atoms with E-state index in [1.807, 2.05) is 0 Å². The Balaban J connectivity index is 2.14. The van der Waals surface area contributed by atoms with E-state index in [1.165, 1.54) is 24.3 Å². The molecule has 0 fully saturated rings. The molecule has 0 aliphatic heterocycles. The van der Waals surface area contributed by atoms with Gasteiger partial charge in [0.25, 0.3) is 0 Å². The highest BCUT2D eigenvalue weighted by atomic mass is 31.2. The maximum Gasteiger partial charge on any atom is 0.358 e. The summed E-state index contributed by atoms with van der Waals surface area (Å²) in [7, 11) is -3.02. The normalized spacial score (nSPS) is 12.8. The number of aliphatic hydroxyl groups is 1. The largest absolute Gasteiger partial charge is 0.497 e. The SMILES string of the molecule is COc1cccc(Oc2ccc(C(O)P(=O)(O)O)cc2)c1. The molecule has 0 heterocycles. The van der Waals surface area contributed by atoms with Crippen molar-refractivity contribution in [3.63, 3.8) is 0 Å². The minimum atomic E-state index is -4.57. The molecule has 6 nitrogen and oxygen atoms in total. The molecular weight excluding hydrogens is 295 g/mol. The van der Waals surface area contributed by atoms with Crippen LogP contribution in [0.2, 0.25) is 0 Å². The molecule has 2 rings (SSSR count). The topological polar surface area (TPSA) is 96.2 Å². The molecular formula is C14H15O6P. The van der Waals surface area contributed by atoms with Crippen LogP contribution >= 0.6 is 7.60 Å². The third kappa shape index (κ3) is 4.06. The van der Waals surface area contributed by atoms with E-state index in [1.54, 1.807) is 31.4 Å². The molecule has 1 atom stereocenters. The summed E-state index contributed by atoms with van der Waals surface area (Å²) >= 11 is 0. The van der Waals surface area contributed by atoms with Gasteiger partial charge in [0.15, 0.2) is 5.85 Å². The van der Waals surface area contributed by atoms with Crippen molar-refractivity contribution < 1.29 is 28.9 Å². The highest BCUT2D eigenvalue weighted by molar-refractivity contribution is 7.51. The van der Waals surface area contributed by atoms with E-state index in [9.17, 15) is 9.67 Å². The first-order valence-corrected chi connectivity index (χ1v) is 7.73. The van der Waals surface area contributed by atoms with Gasteiger partial charge in [-0.3, -0.25) is 4.57 Å². The number of aliphatic hydroxyl groups excluding tert-OH is 1. The second-order valence-electron chi connectivity index (χ2n) is 4.31. The van der Waals surface area contributed by atoms with Gasteiger partial charge < -0.3 is 24.4 Å². The van der Waals surface area contributed by atoms with Crippen LogP contribution < -0.4 is 9.47 Å². The molecule has 0 spiro atoms. The quantitative estimate of drug-likeness (QED) is 0.735. The van der Waals surface area contributed by atoms with Crippen molar-refractivity contribution in [1.82, 2.24) is 0 Å². The summed E-state index contributed by atoms with van der Waals surface area (Å²) in [6.45, 7) is 0. The summed E-state index contributed by atoms with van der Waals surface area (Å²) in [6, 6.07) is 12.9. The molecule has 21 heavy (non-hydrogen) atoms. The zero-order chi connectivity index (χ0) is 15.5. The first-order valence-electron chi connectivity index (χ1n) is 6.05. The van der Waals surface area contributed by atoms with Crippen LogP contribution in [0.5, 0.6) is 17.2 Å². The maximum atomic E-state index is 11.0. The second-order valence-corrected chi connectivity index (χ2v) is 5.98. The fraction of sp³-hybridized carbons (Fsp3) is 0.143. The molecule has 2 aromatic rings. The average molecular weight is 310 g/mol. The Morgan fingerprint density at radius 1 is 1.00 bits per heavy atom. The molecule has 3 N–H and O–H groups in total. The van der Waals surface area contributed by atoms with E-state index in [0.717, 1.165) is 0 Å². The third-order valence-electron chi connectivity index (χ3n) is 2.77.